The average Bonchev–Trinajstić information content (AvgIpc) is 3.43. The summed E-state index contributed by atoms with van der Waals surface area (Å²) in [7, 11) is 1.63. The molecule has 2 fully saturated rings. The molecule has 156 valence electrons. The molecular weight excluding hydrogens is 385 g/mol. The Morgan fingerprint density at radius 2 is 1.87 bits per heavy atom. The highest BCUT2D eigenvalue weighted by molar-refractivity contribution is 6.19. The van der Waals surface area contributed by atoms with Gasteiger partial charge in [-0.05, 0) is 45.6 Å². The first kappa shape index (κ1) is 19.0. The monoisotopic (exact) mass is 410 g/mol. The number of rotatable bonds is 3. The summed E-state index contributed by atoms with van der Waals surface area (Å²) in [4.78, 5) is 33.8. The van der Waals surface area contributed by atoms with Crippen LogP contribution < -0.4 is 4.57 Å². The zero-order valence-corrected chi connectivity index (χ0v) is 17.4. The lowest BCUT2D eigenvalue weighted by atomic mass is 10.1. The largest absolute Gasteiger partial charge is 0.402 e. The molecule has 1 aliphatic carbocycles. The Morgan fingerprint density at radius 3 is 2.57 bits per heavy atom. The minimum atomic E-state index is -0.698. The van der Waals surface area contributed by atoms with E-state index in [0.717, 1.165) is 35.1 Å². The third kappa shape index (κ3) is 2.55. The number of nitrogens with zero attached hydrogens (tertiary/aromatic N) is 5. The minimum absolute atomic E-state index is 0.101. The Bertz CT molecular complexity index is 1100. The maximum Gasteiger partial charge on any atom is 0.402 e. The number of carbonyl (C=O) groups is 2. The van der Waals surface area contributed by atoms with Gasteiger partial charge in [-0.15, -0.1) is 0 Å². The molecule has 3 amide bonds. The SMILES string of the molecule is Cc1c(C)[n+]2c(n1C1CCCC1)N=C1C2C(=O)N(Cc2ccccc2F)C(=O)N1C. The van der Waals surface area contributed by atoms with Crippen LogP contribution in [0.4, 0.5) is 15.1 Å². The molecule has 3 aliphatic rings. The normalized spacial score (nSPS) is 21.3. The van der Waals surface area contributed by atoms with E-state index in [4.69, 9.17) is 4.99 Å². The number of imidazole rings is 1. The molecule has 1 aromatic heterocycles. The van der Waals surface area contributed by atoms with Crippen molar-refractivity contribution in [1.82, 2.24) is 14.4 Å². The minimum Gasteiger partial charge on any atom is -0.270 e. The molecule has 1 atom stereocenters. The Hall–Kier alpha value is -3.03. The number of likely N-dealkylation sites (N-methyl/N-ethyl adjacent to an activating group) is 1. The molecule has 0 N–H and O–H groups in total. The maximum absolute atomic E-state index is 14.2. The molecule has 2 aromatic rings. The summed E-state index contributed by atoms with van der Waals surface area (Å²) in [5.74, 6) is 0.382. The van der Waals surface area contributed by atoms with Crippen LogP contribution in [0.2, 0.25) is 0 Å². The molecule has 7 nitrogen and oxygen atoms in total. The van der Waals surface area contributed by atoms with Crippen LogP contribution in [-0.2, 0) is 11.3 Å². The van der Waals surface area contributed by atoms with Crippen molar-refractivity contribution in [3.8, 4) is 0 Å². The summed E-state index contributed by atoms with van der Waals surface area (Å²) in [6.45, 7) is 3.96. The summed E-state index contributed by atoms with van der Waals surface area (Å²) >= 11 is 0. The van der Waals surface area contributed by atoms with E-state index < -0.39 is 17.9 Å². The molecule has 5 rings (SSSR count). The number of halogens is 1. The zero-order chi connectivity index (χ0) is 21.2. The molecule has 1 saturated carbocycles. The van der Waals surface area contributed by atoms with Crippen molar-refractivity contribution in [3.63, 3.8) is 0 Å². The Labute approximate surface area is 174 Å². The number of aromatic nitrogens is 2. The number of fused-ring (bicyclic) bond motifs is 3. The second-order valence-electron chi connectivity index (χ2n) is 8.38. The third-order valence-corrected chi connectivity index (χ3v) is 6.73. The van der Waals surface area contributed by atoms with Crippen LogP contribution >= 0.6 is 0 Å². The fourth-order valence-electron chi connectivity index (χ4n) is 5.00. The number of imide groups is 1. The predicted molar refractivity (Wildman–Crippen MR) is 108 cm³/mol. The predicted octanol–water partition coefficient (Wildman–Crippen LogP) is 3.33. The summed E-state index contributed by atoms with van der Waals surface area (Å²) in [5.41, 5.74) is 2.39. The van der Waals surface area contributed by atoms with Crippen LogP contribution in [0.25, 0.3) is 0 Å². The Morgan fingerprint density at radius 1 is 1.17 bits per heavy atom. The van der Waals surface area contributed by atoms with Gasteiger partial charge in [0.1, 0.15) is 17.2 Å². The number of hydrogen-bond acceptors (Lipinski definition) is 3. The molecule has 1 saturated heterocycles. The molecule has 0 spiro atoms. The number of amides is 3. The van der Waals surface area contributed by atoms with Crippen molar-refractivity contribution in [3.05, 3.63) is 47.0 Å². The van der Waals surface area contributed by atoms with Gasteiger partial charge in [0.05, 0.1) is 12.6 Å². The van der Waals surface area contributed by atoms with Crippen molar-refractivity contribution in [2.75, 3.05) is 7.05 Å². The molecule has 1 unspecified atom stereocenters. The van der Waals surface area contributed by atoms with E-state index in [2.05, 4.69) is 11.5 Å². The van der Waals surface area contributed by atoms with Crippen molar-refractivity contribution in [2.24, 2.45) is 4.99 Å². The first-order chi connectivity index (χ1) is 14.4. The smallest absolute Gasteiger partial charge is 0.270 e. The number of amidine groups is 1. The molecule has 30 heavy (non-hydrogen) atoms. The van der Waals surface area contributed by atoms with E-state index in [-0.39, 0.29) is 12.5 Å². The number of urea groups is 1. The van der Waals surface area contributed by atoms with Gasteiger partial charge in [-0.25, -0.2) is 18.3 Å². The molecule has 2 aliphatic heterocycles. The van der Waals surface area contributed by atoms with Crippen LogP contribution in [0.15, 0.2) is 29.3 Å². The van der Waals surface area contributed by atoms with Crippen LogP contribution in [0, 0.1) is 19.7 Å². The fraction of sp³-hybridized carbons (Fsp3) is 0.455. The van der Waals surface area contributed by atoms with E-state index in [0.29, 0.717) is 17.4 Å². The molecule has 1 aromatic carbocycles. The van der Waals surface area contributed by atoms with Gasteiger partial charge in [0.2, 0.25) is 11.9 Å². The number of carbonyl (C=O) groups excluding carboxylic acids is 2. The Balaban J connectivity index is 1.58. The number of hydrogen-bond donors (Lipinski definition) is 0. The molecule has 0 bridgehead atoms. The van der Waals surface area contributed by atoms with E-state index in [1.54, 1.807) is 25.2 Å². The summed E-state index contributed by atoms with van der Waals surface area (Å²) in [6, 6.07) is 5.41. The Kier molecular flexibility index (Phi) is 4.27. The van der Waals surface area contributed by atoms with Gasteiger partial charge in [-0.2, -0.15) is 0 Å². The van der Waals surface area contributed by atoms with Crippen LogP contribution in [0.3, 0.4) is 0 Å². The lowest BCUT2D eigenvalue weighted by Crippen LogP contribution is -2.63. The second kappa shape index (κ2) is 6.75. The van der Waals surface area contributed by atoms with Gasteiger partial charge in [0, 0.05) is 12.6 Å². The van der Waals surface area contributed by atoms with E-state index in [9.17, 15) is 14.0 Å². The van der Waals surface area contributed by atoms with Crippen molar-refractivity contribution in [2.45, 2.75) is 58.2 Å². The fourth-order valence-corrected chi connectivity index (χ4v) is 5.00. The first-order valence-corrected chi connectivity index (χ1v) is 10.4. The zero-order valence-electron chi connectivity index (χ0n) is 17.4. The van der Waals surface area contributed by atoms with Crippen molar-refractivity contribution in [1.29, 1.82) is 0 Å². The summed E-state index contributed by atoms with van der Waals surface area (Å²) < 4.78 is 18.4. The van der Waals surface area contributed by atoms with Crippen LogP contribution in [-0.4, -0.2) is 39.2 Å². The first-order valence-electron chi connectivity index (χ1n) is 10.4. The second-order valence-corrected chi connectivity index (χ2v) is 8.38. The highest BCUT2D eigenvalue weighted by Crippen LogP contribution is 2.38. The van der Waals surface area contributed by atoms with E-state index in [1.165, 1.54) is 23.8 Å². The standard InChI is InChI=1S/C22H25FN5O2/c1-13-14(2)28-18-19(24-21(28)27(13)16-9-5-6-10-16)25(3)22(30)26(20(18)29)12-15-8-4-7-11-17(15)23/h4,7-8,11,16,18H,5-6,9-10,12H2,1-3H3/q+1. The molecule has 0 radical (unpaired) electrons. The lowest BCUT2D eigenvalue weighted by Gasteiger charge is -2.33. The van der Waals surface area contributed by atoms with Crippen LogP contribution in [0.1, 0.15) is 54.7 Å². The van der Waals surface area contributed by atoms with Gasteiger partial charge < -0.3 is 0 Å². The summed E-state index contributed by atoms with van der Waals surface area (Å²) in [6.07, 6.45) is 4.57. The van der Waals surface area contributed by atoms with Gasteiger partial charge in [-0.1, -0.05) is 23.2 Å². The topological polar surface area (TPSA) is 61.8 Å². The quantitative estimate of drug-likeness (QED) is 0.729. The van der Waals surface area contributed by atoms with Crippen molar-refractivity contribution < 1.29 is 18.5 Å². The molecular formula is C22H25FN5O2+. The van der Waals surface area contributed by atoms with Gasteiger partial charge in [-0.3, -0.25) is 14.6 Å². The lowest BCUT2D eigenvalue weighted by molar-refractivity contribution is -0.683. The number of aliphatic imine (C=N–C) groups is 1. The maximum atomic E-state index is 14.2. The third-order valence-electron chi connectivity index (χ3n) is 6.73. The highest BCUT2D eigenvalue weighted by Gasteiger charge is 2.54. The molecule has 3 heterocycles. The van der Waals surface area contributed by atoms with E-state index in [1.807, 2.05) is 11.5 Å². The highest BCUT2D eigenvalue weighted by atomic mass is 19.1. The van der Waals surface area contributed by atoms with Gasteiger partial charge in [0.15, 0.2) is 0 Å². The van der Waals surface area contributed by atoms with Crippen molar-refractivity contribution >= 4 is 23.7 Å². The number of benzene rings is 1. The van der Waals surface area contributed by atoms with Crippen LogP contribution in [0.5, 0.6) is 0 Å². The van der Waals surface area contributed by atoms with E-state index >= 15 is 0 Å². The van der Waals surface area contributed by atoms with Gasteiger partial charge in [0.25, 0.3) is 5.91 Å². The average molecular weight is 410 g/mol. The summed E-state index contributed by atoms with van der Waals surface area (Å²) in [5, 5.41) is 0. The molecule has 8 heteroatoms. The van der Waals surface area contributed by atoms with Gasteiger partial charge >= 0.3 is 12.0 Å².